The number of allylic oxidation sites excluding steroid dienone is 7. The summed E-state index contributed by atoms with van der Waals surface area (Å²) in [5.74, 6) is 0.0937. The second-order valence-electron chi connectivity index (χ2n) is 8.27. The number of hydrogen-bond donors (Lipinski definition) is 1. The van der Waals surface area contributed by atoms with Crippen LogP contribution in [-0.2, 0) is 4.79 Å². The number of ketones is 1. The van der Waals surface area contributed by atoms with Crippen molar-refractivity contribution in [2.24, 2.45) is 11.8 Å². The molecule has 1 aliphatic carbocycles. The minimum Gasteiger partial charge on any atom is -0.388 e. The van der Waals surface area contributed by atoms with Gasteiger partial charge in [-0.05, 0) is 84.8 Å². The van der Waals surface area contributed by atoms with Crippen molar-refractivity contribution in [3.05, 3.63) is 46.1 Å². The lowest BCUT2D eigenvalue weighted by Gasteiger charge is -2.33. The average Bonchev–Trinajstić information content (AvgIpc) is 2.58. The molecule has 0 aromatic carbocycles. The van der Waals surface area contributed by atoms with Crippen molar-refractivity contribution in [1.29, 1.82) is 0 Å². The Bertz CT molecular complexity index is 612. The van der Waals surface area contributed by atoms with Crippen LogP contribution in [0.1, 0.15) is 80.6 Å². The first-order chi connectivity index (χ1) is 12.1. The summed E-state index contributed by atoms with van der Waals surface area (Å²) in [6, 6.07) is 0. The molecule has 0 aromatic rings. The molecule has 26 heavy (non-hydrogen) atoms. The Balaban J connectivity index is 2.53. The zero-order chi connectivity index (χ0) is 19.9. The Labute approximate surface area is 160 Å². The molecular weight excluding hydrogens is 320 g/mol. The number of rotatable bonds is 8. The molecule has 0 saturated carbocycles. The van der Waals surface area contributed by atoms with E-state index in [9.17, 15) is 9.90 Å². The second kappa shape index (κ2) is 10.7. The SMILES string of the molecule is CC(C)=CCC/C(C)=C/CC/C(C)=C/C[C@H]1[C@H](C)C(=O)C(C)=C(C)[C@H]1O. The molecule has 0 spiro atoms. The number of aliphatic hydroxyl groups is 1. The number of hydrogen-bond acceptors (Lipinski definition) is 2. The third kappa shape index (κ3) is 6.72. The maximum atomic E-state index is 12.3. The first-order valence-electron chi connectivity index (χ1n) is 9.99. The zero-order valence-corrected chi connectivity index (χ0v) is 17.9. The maximum Gasteiger partial charge on any atom is 0.161 e. The predicted molar refractivity (Wildman–Crippen MR) is 112 cm³/mol. The Morgan fingerprint density at radius 3 is 2.08 bits per heavy atom. The van der Waals surface area contributed by atoms with Crippen molar-refractivity contribution in [2.75, 3.05) is 0 Å². The van der Waals surface area contributed by atoms with Gasteiger partial charge in [-0.3, -0.25) is 4.79 Å². The summed E-state index contributed by atoms with van der Waals surface area (Å²) in [6.07, 6.45) is 11.5. The maximum absolute atomic E-state index is 12.3. The van der Waals surface area contributed by atoms with Crippen LogP contribution in [0.2, 0.25) is 0 Å². The van der Waals surface area contributed by atoms with Crippen molar-refractivity contribution in [2.45, 2.75) is 86.7 Å². The van der Waals surface area contributed by atoms with Crippen LogP contribution in [0.5, 0.6) is 0 Å². The van der Waals surface area contributed by atoms with E-state index in [1.807, 2.05) is 20.8 Å². The lowest BCUT2D eigenvalue weighted by Crippen LogP contribution is -2.37. The molecule has 0 bridgehead atoms. The van der Waals surface area contributed by atoms with Crippen LogP contribution in [-0.4, -0.2) is 17.0 Å². The van der Waals surface area contributed by atoms with E-state index in [4.69, 9.17) is 0 Å². The fourth-order valence-electron chi connectivity index (χ4n) is 3.56. The van der Waals surface area contributed by atoms with E-state index < -0.39 is 6.10 Å². The summed E-state index contributed by atoms with van der Waals surface area (Å²) in [5.41, 5.74) is 5.77. The van der Waals surface area contributed by atoms with Crippen LogP contribution in [0.3, 0.4) is 0 Å². The van der Waals surface area contributed by atoms with E-state index in [1.54, 1.807) is 0 Å². The van der Waals surface area contributed by atoms with Gasteiger partial charge in [0.1, 0.15) is 0 Å². The van der Waals surface area contributed by atoms with E-state index >= 15 is 0 Å². The molecule has 3 atom stereocenters. The van der Waals surface area contributed by atoms with E-state index in [1.165, 1.54) is 16.7 Å². The van der Waals surface area contributed by atoms with Crippen LogP contribution >= 0.6 is 0 Å². The molecule has 0 heterocycles. The van der Waals surface area contributed by atoms with Crippen LogP contribution in [0.4, 0.5) is 0 Å². The van der Waals surface area contributed by atoms with Crippen LogP contribution in [0.25, 0.3) is 0 Å². The highest BCUT2D eigenvalue weighted by Gasteiger charge is 2.36. The van der Waals surface area contributed by atoms with Gasteiger partial charge >= 0.3 is 0 Å². The van der Waals surface area contributed by atoms with Crippen LogP contribution in [0, 0.1) is 11.8 Å². The van der Waals surface area contributed by atoms with Gasteiger partial charge in [-0.25, -0.2) is 0 Å². The molecule has 0 saturated heterocycles. The van der Waals surface area contributed by atoms with Gasteiger partial charge in [0.25, 0.3) is 0 Å². The molecular formula is C24H38O2. The van der Waals surface area contributed by atoms with Crippen molar-refractivity contribution in [3.8, 4) is 0 Å². The lowest BCUT2D eigenvalue weighted by molar-refractivity contribution is -0.122. The molecule has 1 N–H and O–H groups in total. The van der Waals surface area contributed by atoms with Gasteiger partial charge in [-0.2, -0.15) is 0 Å². The highest BCUT2D eigenvalue weighted by atomic mass is 16.3. The number of aliphatic hydroxyl groups excluding tert-OH is 1. The fraction of sp³-hybridized carbons (Fsp3) is 0.625. The van der Waals surface area contributed by atoms with Crippen molar-refractivity contribution >= 4 is 5.78 Å². The van der Waals surface area contributed by atoms with Crippen molar-refractivity contribution < 1.29 is 9.90 Å². The van der Waals surface area contributed by atoms with Crippen molar-refractivity contribution in [1.82, 2.24) is 0 Å². The number of carbonyl (C=O) groups excluding carboxylic acids is 1. The molecule has 1 aliphatic rings. The fourth-order valence-corrected chi connectivity index (χ4v) is 3.56. The molecule has 0 unspecified atom stereocenters. The largest absolute Gasteiger partial charge is 0.388 e. The second-order valence-corrected chi connectivity index (χ2v) is 8.27. The summed E-state index contributed by atoms with van der Waals surface area (Å²) in [5, 5.41) is 10.5. The van der Waals surface area contributed by atoms with Gasteiger partial charge in [-0.1, -0.05) is 41.9 Å². The van der Waals surface area contributed by atoms with Gasteiger partial charge in [0.15, 0.2) is 5.78 Å². The van der Waals surface area contributed by atoms with Crippen LogP contribution in [0.15, 0.2) is 46.1 Å². The van der Waals surface area contributed by atoms with Gasteiger partial charge in [-0.15, -0.1) is 0 Å². The van der Waals surface area contributed by atoms with Gasteiger partial charge in [0.2, 0.25) is 0 Å². The minimum absolute atomic E-state index is 0.00231. The van der Waals surface area contributed by atoms with E-state index in [2.05, 4.69) is 45.9 Å². The van der Waals surface area contributed by atoms with Gasteiger partial charge in [0.05, 0.1) is 6.10 Å². The molecule has 0 aromatic heterocycles. The smallest absolute Gasteiger partial charge is 0.161 e. The predicted octanol–water partition coefficient (Wildman–Crippen LogP) is 6.33. The topological polar surface area (TPSA) is 37.3 Å². The first-order valence-corrected chi connectivity index (χ1v) is 9.99. The first kappa shape index (κ1) is 22.6. The van der Waals surface area contributed by atoms with E-state index in [0.717, 1.165) is 43.3 Å². The van der Waals surface area contributed by atoms with Gasteiger partial charge in [0, 0.05) is 11.8 Å². The Hall–Kier alpha value is -1.41. The minimum atomic E-state index is -0.496. The molecule has 0 fully saturated rings. The number of carbonyl (C=O) groups is 1. The third-order valence-corrected chi connectivity index (χ3v) is 5.73. The van der Waals surface area contributed by atoms with E-state index in [-0.39, 0.29) is 17.6 Å². The average molecular weight is 359 g/mol. The Kier molecular flexibility index (Phi) is 9.29. The molecule has 1 rings (SSSR count). The molecule has 2 heteroatoms. The Morgan fingerprint density at radius 1 is 0.962 bits per heavy atom. The summed E-state index contributed by atoms with van der Waals surface area (Å²) < 4.78 is 0. The standard InChI is InChI=1S/C24H38O2/c1-16(2)10-8-11-17(3)12-9-13-18(4)14-15-22-21(7)23(25)19(5)20(6)24(22)26/h10,12,14,21-22,24,26H,8-9,11,13,15H2,1-7H3/b17-12+,18-14+/t21-,22-,24+/m0/s1. The molecule has 2 nitrogen and oxygen atoms in total. The number of Topliss-reactive ketones (excluding diaryl/α,β-unsaturated/α-hetero) is 1. The molecule has 146 valence electrons. The monoisotopic (exact) mass is 358 g/mol. The highest BCUT2D eigenvalue weighted by molar-refractivity contribution is 5.98. The molecule has 0 amide bonds. The van der Waals surface area contributed by atoms with E-state index in [0.29, 0.717) is 0 Å². The van der Waals surface area contributed by atoms with Gasteiger partial charge < -0.3 is 5.11 Å². The zero-order valence-electron chi connectivity index (χ0n) is 17.9. The molecule has 0 aliphatic heterocycles. The summed E-state index contributed by atoms with van der Waals surface area (Å²) in [6.45, 7) is 14.3. The summed E-state index contributed by atoms with van der Waals surface area (Å²) >= 11 is 0. The third-order valence-electron chi connectivity index (χ3n) is 5.73. The normalized spacial score (nSPS) is 24.9. The Morgan fingerprint density at radius 2 is 1.50 bits per heavy atom. The van der Waals surface area contributed by atoms with Crippen molar-refractivity contribution in [3.63, 3.8) is 0 Å². The summed E-state index contributed by atoms with van der Waals surface area (Å²) in [4.78, 5) is 12.3. The summed E-state index contributed by atoms with van der Waals surface area (Å²) in [7, 11) is 0. The quantitative estimate of drug-likeness (QED) is 0.515. The highest BCUT2D eigenvalue weighted by Crippen LogP contribution is 2.34. The van der Waals surface area contributed by atoms with Crippen LogP contribution < -0.4 is 0 Å². The molecule has 0 radical (unpaired) electrons. The lowest BCUT2D eigenvalue weighted by atomic mass is 9.73.